The van der Waals surface area contributed by atoms with Gasteiger partial charge in [-0.2, -0.15) is 21.9 Å². The maximum atomic E-state index is 12.5. The van der Waals surface area contributed by atoms with Gasteiger partial charge in [0.05, 0.1) is 18.9 Å². The summed E-state index contributed by atoms with van der Waals surface area (Å²) < 4.78 is 41.0. The highest BCUT2D eigenvalue weighted by molar-refractivity contribution is 7.86. The van der Waals surface area contributed by atoms with Crippen molar-refractivity contribution in [3.63, 3.8) is 0 Å². The third-order valence-electron chi connectivity index (χ3n) is 4.92. The third kappa shape index (κ3) is 10.9. The zero-order valence-corrected chi connectivity index (χ0v) is 22.9. The van der Waals surface area contributed by atoms with Crippen LogP contribution in [0.25, 0.3) is 0 Å². The summed E-state index contributed by atoms with van der Waals surface area (Å²) in [4.78, 5) is 12.5. The lowest BCUT2D eigenvalue weighted by Gasteiger charge is -2.38. The maximum Gasteiger partial charge on any atom is 0.408 e. The van der Waals surface area contributed by atoms with Gasteiger partial charge in [-0.05, 0) is 44.5 Å². The predicted octanol–water partition coefficient (Wildman–Crippen LogP) is 4.73. The Labute approximate surface area is 195 Å². The molecule has 10 heteroatoms. The van der Waals surface area contributed by atoms with Gasteiger partial charge >= 0.3 is 6.09 Å². The maximum absolute atomic E-state index is 12.5. The monoisotopic (exact) mass is 493 g/mol. The molecule has 7 nitrogen and oxygen atoms in total. The summed E-state index contributed by atoms with van der Waals surface area (Å²) >= 11 is 0. The van der Waals surface area contributed by atoms with Gasteiger partial charge in [0, 0.05) is 0 Å². The summed E-state index contributed by atoms with van der Waals surface area (Å²) in [5, 5.41) is 2.71. The minimum Gasteiger partial charge on any atom is -0.444 e. The average Bonchev–Trinajstić information content (AvgIpc) is 2.54. The van der Waals surface area contributed by atoms with E-state index in [1.54, 1.807) is 32.9 Å². The lowest BCUT2D eigenvalue weighted by atomic mass is 10.0. The number of hydrogen-bond acceptors (Lipinski definition) is 6. The Kier molecular flexibility index (Phi) is 10.8. The normalized spacial score (nSPS) is 14.9. The van der Waals surface area contributed by atoms with Crippen molar-refractivity contribution in [3.05, 3.63) is 35.9 Å². The zero-order valence-electron chi connectivity index (χ0n) is 20.1. The molecule has 180 valence electrons. The number of alkyl carbamates (subject to hydrolysis) is 1. The minimum absolute atomic E-state index is 0. The highest BCUT2D eigenvalue weighted by Crippen LogP contribution is 2.37. The summed E-state index contributed by atoms with van der Waals surface area (Å²) in [6.07, 6.45) is -0.628. The second-order valence-electron chi connectivity index (χ2n) is 9.94. The van der Waals surface area contributed by atoms with Gasteiger partial charge in [-0.15, -0.1) is 0 Å². The highest BCUT2D eigenvalue weighted by atomic mass is 32.2. The molecule has 1 N–H and O–H groups in total. The fraction of sp³-hybridized carbons (Fsp3) is 0.667. The van der Waals surface area contributed by atoms with E-state index >= 15 is 0 Å². The van der Waals surface area contributed by atoms with Gasteiger partial charge in [-0.1, -0.05) is 51.1 Å². The van der Waals surface area contributed by atoms with Gasteiger partial charge in [0.1, 0.15) is 11.7 Å². The fourth-order valence-corrected chi connectivity index (χ4v) is 4.03. The number of hydrogen-bond donors (Lipinski definition) is 1. The number of nitrogens with one attached hydrogen (secondary N) is 1. The first-order chi connectivity index (χ1) is 13.4. The molecule has 0 aliphatic heterocycles. The van der Waals surface area contributed by atoms with Gasteiger partial charge in [0.25, 0.3) is 10.1 Å². The molecule has 0 fully saturated rings. The molecule has 0 unspecified atom stereocenters. The number of amides is 1. The third-order valence-corrected chi connectivity index (χ3v) is 10.0. The van der Waals surface area contributed by atoms with E-state index in [-0.39, 0.29) is 25.1 Å². The Morgan fingerprint density at radius 2 is 1.58 bits per heavy atom. The summed E-state index contributed by atoms with van der Waals surface area (Å²) in [6.45, 7) is 15.7. The van der Waals surface area contributed by atoms with E-state index in [9.17, 15) is 13.2 Å². The highest BCUT2D eigenvalue weighted by Gasteiger charge is 2.39. The molecule has 0 aromatic heterocycles. The van der Waals surface area contributed by atoms with Crippen molar-refractivity contribution in [1.82, 2.24) is 5.32 Å². The molecule has 2 atom stereocenters. The number of rotatable bonds is 8. The molecule has 0 aliphatic carbocycles. The lowest BCUT2D eigenvalue weighted by Crippen LogP contribution is -2.47. The van der Waals surface area contributed by atoms with Gasteiger partial charge in [-0.25, -0.2) is 4.79 Å². The Morgan fingerprint density at radius 3 is 2.00 bits per heavy atom. The molecular weight excluding hydrogens is 454 g/mol. The number of carbonyl (C=O) groups is 1. The van der Waals surface area contributed by atoms with Crippen LogP contribution in [0.2, 0.25) is 18.1 Å². The van der Waals surface area contributed by atoms with Crippen molar-refractivity contribution < 1.29 is 26.6 Å². The summed E-state index contributed by atoms with van der Waals surface area (Å²) in [5.41, 5.74) is -0.00767. The lowest BCUT2D eigenvalue weighted by molar-refractivity contribution is 0.0395. The van der Waals surface area contributed by atoms with Crippen LogP contribution in [-0.2, 0) is 23.5 Å². The number of ether oxygens (including phenoxy) is 1. The second kappa shape index (κ2) is 11.2. The fourth-order valence-electron chi connectivity index (χ4n) is 2.40. The van der Waals surface area contributed by atoms with Crippen LogP contribution >= 0.6 is 13.5 Å². The first-order valence-corrected chi connectivity index (χ1v) is 14.7. The van der Waals surface area contributed by atoms with Crippen molar-refractivity contribution in [1.29, 1.82) is 0 Å². The Bertz CT molecular complexity index is 801. The Morgan fingerprint density at radius 1 is 1.06 bits per heavy atom. The van der Waals surface area contributed by atoms with Crippen LogP contribution in [0.1, 0.15) is 53.1 Å². The minimum atomic E-state index is -3.81. The van der Waals surface area contributed by atoms with Crippen LogP contribution in [-0.4, -0.2) is 47.4 Å². The molecule has 0 saturated carbocycles. The van der Waals surface area contributed by atoms with Crippen molar-refractivity contribution in [3.8, 4) is 0 Å². The van der Waals surface area contributed by atoms with E-state index in [2.05, 4.69) is 39.2 Å². The second-order valence-corrected chi connectivity index (χ2v) is 16.4. The van der Waals surface area contributed by atoms with Crippen LogP contribution in [0, 0.1) is 0 Å². The summed E-state index contributed by atoms with van der Waals surface area (Å²) in [7, 11) is -5.99. The van der Waals surface area contributed by atoms with Crippen LogP contribution < -0.4 is 5.32 Å². The van der Waals surface area contributed by atoms with E-state index in [1.807, 2.05) is 18.2 Å². The zero-order chi connectivity index (χ0) is 23.4. The molecule has 0 saturated heterocycles. The van der Waals surface area contributed by atoms with E-state index < -0.39 is 42.3 Å². The largest absolute Gasteiger partial charge is 0.444 e. The molecule has 0 heterocycles. The SMILES string of the molecule is CC(C)(C)OC(=O)N[C@H](c1ccccc1)[C@@H](CO[Si](C)(C)C(C)(C)C)OS(C)(=O)=O.S. The standard InChI is InChI=1S/C21H37NO6SSi.H2S/c1-20(2,3)27-19(23)22-18(16-13-11-10-12-14-16)17(28-29(7,24)25)15-26-30(8,9)21(4,5)6;/h10-14,17-18H,15H2,1-9H3,(H,22,23);1H2/t17-,18-;/m1./s1. The molecule has 1 rings (SSSR count). The number of carbonyl (C=O) groups excluding carboxylic acids is 1. The van der Waals surface area contributed by atoms with Gasteiger partial charge in [0.2, 0.25) is 0 Å². The van der Waals surface area contributed by atoms with E-state index in [0.29, 0.717) is 5.56 Å². The summed E-state index contributed by atoms with van der Waals surface area (Å²) in [6, 6.07) is 8.28. The molecule has 0 spiro atoms. The molecule has 0 aliphatic rings. The van der Waals surface area contributed by atoms with Crippen LogP contribution in [0.4, 0.5) is 4.79 Å². The molecule has 31 heavy (non-hydrogen) atoms. The van der Waals surface area contributed by atoms with Gasteiger partial charge < -0.3 is 14.5 Å². The van der Waals surface area contributed by atoms with Crippen molar-refractivity contribution in [2.75, 3.05) is 12.9 Å². The first kappa shape index (κ1) is 29.9. The molecular formula is C21H39NO6S2Si. The first-order valence-electron chi connectivity index (χ1n) is 9.98. The topological polar surface area (TPSA) is 90.9 Å². The molecule has 1 amide bonds. The van der Waals surface area contributed by atoms with E-state index in [1.165, 1.54) is 0 Å². The van der Waals surface area contributed by atoms with Crippen molar-refractivity contribution in [2.24, 2.45) is 0 Å². The van der Waals surface area contributed by atoms with Crippen LogP contribution in [0.15, 0.2) is 30.3 Å². The van der Waals surface area contributed by atoms with Gasteiger partial charge in [0.15, 0.2) is 8.32 Å². The predicted molar refractivity (Wildman–Crippen MR) is 132 cm³/mol. The molecule has 1 aromatic rings. The van der Waals surface area contributed by atoms with Crippen molar-refractivity contribution in [2.45, 2.75) is 77.4 Å². The average molecular weight is 494 g/mol. The number of benzene rings is 1. The smallest absolute Gasteiger partial charge is 0.408 e. The quantitative estimate of drug-likeness (QED) is 0.416. The van der Waals surface area contributed by atoms with Gasteiger partial charge in [-0.3, -0.25) is 4.18 Å². The van der Waals surface area contributed by atoms with Crippen LogP contribution in [0.5, 0.6) is 0 Å². The molecule has 0 radical (unpaired) electrons. The molecule has 0 bridgehead atoms. The Balaban J connectivity index is 0.00000900. The Hall–Kier alpha value is -1.07. The van der Waals surface area contributed by atoms with Crippen LogP contribution in [0.3, 0.4) is 0 Å². The van der Waals surface area contributed by atoms with E-state index in [0.717, 1.165) is 6.26 Å². The molecule has 1 aromatic carbocycles. The summed E-state index contributed by atoms with van der Waals surface area (Å²) in [5.74, 6) is 0. The van der Waals surface area contributed by atoms with Crippen molar-refractivity contribution >= 4 is 38.0 Å². The van der Waals surface area contributed by atoms with E-state index in [4.69, 9.17) is 13.3 Å².